The number of hydrogen-bond donors (Lipinski definition) is 1. The van der Waals surface area contributed by atoms with Gasteiger partial charge in [0.1, 0.15) is 5.58 Å². The monoisotopic (exact) mass is 220 g/mol. The van der Waals surface area contributed by atoms with Crippen LogP contribution in [0.1, 0.15) is 20.9 Å². The van der Waals surface area contributed by atoms with Crippen LogP contribution in [0.3, 0.4) is 0 Å². The Hall–Kier alpha value is -2.30. The van der Waals surface area contributed by atoms with E-state index in [0.29, 0.717) is 11.0 Å². The number of carboxylic acids is 1. The van der Waals surface area contributed by atoms with Gasteiger partial charge in [-0.25, -0.2) is 9.59 Å². The molecule has 1 N–H and O–H groups in total. The zero-order valence-corrected chi connectivity index (χ0v) is 8.39. The first-order valence-corrected chi connectivity index (χ1v) is 4.47. The van der Waals surface area contributed by atoms with Gasteiger partial charge in [0.15, 0.2) is 0 Å². The van der Waals surface area contributed by atoms with Crippen LogP contribution < -0.4 is 0 Å². The molecular weight excluding hydrogens is 212 g/mol. The number of fused-ring (bicyclic) bond motifs is 1. The summed E-state index contributed by atoms with van der Waals surface area (Å²) in [6, 6.07) is 6.05. The highest BCUT2D eigenvalue weighted by atomic mass is 16.5. The van der Waals surface area contributed by atoms with Crippen molar-refractivity contribution in [3.63, 3.8) is 0 Å². The molecule has 82 valence electrons. The van der Waals surface area contributed by atoms with Crippen LogP contribution in [0.25, 0.3) is 11.0 Å². The lowest BCUT2D eigenvalue weighted by Crippen LogP contribution is -2.00. The predicted octanol–water partition coefficient (Wildman–Crippen LogP) is 1.92. The Balaban J connectivity index is 2.67. The Bertz CT molecular complexity index is 567. The standard InChI is InChI=1S/C11H8O5/c1-15-11(14)6-3-2-4-8-7(6)5-9(16-8)10(12)13/h2-5H,1H3,(H,12,13). The highest BCUT2D eigenvalue weighted by Gasteiger charge is 2.16. The van der Waals surface area contributed by atoms with Gasteiger partial charge in [0, 0.05) is 11.5 Å². The summed E-state index contributed by atoms with van der Waals surface area (Å²) < 4.78 is 9.64. The van der Waals surface area contributed by atoms with Crippen LogP contribution in [0.15, 0.2) is 28.7 Å². The molecule has 16 heavy (non-hydrogen) atoms. The number of carboxylic acid groups (broad SMARTS) is 1. The van der Waals surface area contributed by atoms with Crippen molar-refractivity contribution in [3.05, 3.63) is 35.6 Å². The maximum Gasteiger partial charge on any atom is 0.371 e. The lowest BCUT2D eigenvalue weighted by Gasteiger charge is -1.98. The lowest BCUT2D eigenvalue weighted by molar-refractivity contribution is 0.0601. The molecule has 0 bridgehead atoms. The number of benzene rings is 1. The molecule has 0 saturated heterocycles. The van der Waals surface area contributed by atoms with Crippen LogP contribution >= 0.6 is 0 Å². The fourth-order valence-electron chi connectivity index (χ4n) is 1.45. The molecular formula is C11H8O5. The fraction of sp³-hybridized carbons (Fsp3) is 0.0909. The number of carbonyl (C=O) groups is 2. The Labute approximate surface area is 90.2 Å². The van der Waals surface area contributed by atoms with Gasteiger partial charge >= 0.3 is 11.9 Å². The number of hydrogen-bond acceptors (Lipinski definition) is 4. The zero-order valence-electron chi connectivity index (χ0n) is 8.39. The van der Waals surface area contributed by atoms with Crippen LogP contribution in [0, 0.1) is 0 Å². The third kappa shape index (κ3) is 1.52. The molecule has 0 spiro atoms. The largest absolute Gasteiger partial charge is 0.475 e. The molecule has 2 aromatic rings. The van der Waals surface area contributed by atoms with Gasteiger partial charge in [-0.05, 0) is 12.1 Å². The maximum absolute atomic E-state index is 11.4. The Morgan fingerprint density at radius 1 is 1.38 bits per heavy atom. The van der Waals surface area contributed by atoms with Crippen molar-refractivity contribution in [2.75, 3.05) is 7.11 Å². The summed E-state index contributed by atoms with van der Waals surface area (Å²) in [6.07, 6.45) is 0. The van der Waals surface area contributed by atoms with Crippen molar-refractivity contribution in [2.45, 2.75) is 0 Å². The van der Waals surface area contributed by atoms with Gasteiger partial charge in [-0.2, -0.15) is 0 Å². The second kappa shape index (κ2) is 3.69. The first-order chi connectivity index (χ1) is 7.63. The lowest BCUT2D eigenvalue weighted by atomic mass is 10.1. The minimum Gasteiger partial charge on any atom is -0.475 e. The van der Waals surface area contributed by atoms with Crippen molar-refractivity contribution >= 4 is 22.9 Å². The molecule has 0 fully saturated rings. The summed E-state index contributed by atoms with van der Waals surface area (Å²) in [5.74, 6) is -1.90. The SMILES string of the molecule is COC(=O)c1cccc2oc(C(=O)O)cc12. The van der Waals surface area contributed by atoms with E-state index in [2.05, 4.69) is 4.74 Å². The first kappa shape index (κ1) is 10.2. The number of methoxy groups -OCH3 is 1. The average molecular weight is 220 g/mol. The van der Waals surface area contributed by atoms with Crippen LogP contribution in [0.5, 0.6) is 0 Å². The molecule has 0 amide bonds. The summed E-state index contributed by atoms with van der Waals surface area (Å²) >= 11 is 0. The minimum absolute atomic E-state index is 0.202. The van der Waals surface area contributed by atoms with Gasteiger partial charge < -0.3 is 14.3 Å². The fourth-order valence-corrected chi connectivity index (χ4v) is 1.45. The molecule has 2 rings (SSSR count). The van der Waals surface area contributed by atoms with Gasteiger partial charge in [-0.1, -0.05) is 6.07 Å². The second-order valence-electron chi connectivity index (χ2n) is 3.12. The molecule has 0 aliphatic rings. The molecule has 0 radical (unpaired) electrons. The van der Waals surface area contributed by atoms with Gasteiger partial charge in [0.25, 0.3) is 0 Å². The summed E-state index contributed by atoms with van der Waals surface area (Å²) in [5.41, 5.74) is 0.636. The van der Waals surface area contributed by atoms with E-state index in [1.165, 1.54) is 13.2 Å². The van der Waals surface area contributed by atoms with E-state index in [-0.39, 0.29) is 11.3 Å². The molecule has 5 nitrogen and oxygen atoms in total. The number of esters is 1. The van der Waals surface area contributed by atoms with Crippen molar-refractivity contribution in [3.8, 4) is 0 Å². The number of ether oxygens (including phenoxy) is 1. The van der Waals surface area contributed by atoms with Crippen LogP contribution in [0.2, 0.25) is 0 Å². The van der Waals surface area contributed by atoms with E-state index in [4.69, 9.17) is 9.52 Å². The highest BCUT2D eigenvalue weighted by molar-refractivity contribution is 6.05. The topological polar surface area (TPSA) is 76.7 Å². The highest BCUT2D eigenvalue weighted by Crippen LogP contribution is 2.23. The molecule has 1 aromatic carbocycles. The Morgan fingerprint density at radius 2 is 2.12 bits per heavy atom. The van der Waals surface area contributed by atoms with E-state index >= 15 is 0 Å². The van der Waals surface area contributed by atoms with Gasteiger partial charge in [0.05, 0.1) is 12.7 Å². The normalized spacial score (nSPS) is 10.3. The molecule has 0 aliphatic carbocycles. The molecule has 1 aromatic heterocycles. The van der Waals surface area contributed by atoms with E-state index < -0.39 is 11.9 Å². The number of rotatable bonds is 2. The molecule has 0 saturated carbocycles. The summed E-state index contributed by atoms with van der Waals surface area (Å²) in [5, 5.41) is 9.20. The van der Waals surface area contributed by atoms with Crippen molar-refractivity contribution in [2.24, 2.45) is 0 Å². The molecule has 1 heterocycles. The van der Waals surface area contributed by atoms with E-state index in [1.807, 2.05) is 0 Å². The van der Waals surface area contributed by atoms with Crippen LogP contribution in [-0.4, -0.2) is 24.2 Å². The van der Waals surface area contributed by atoms with Gasteiger partial charge in [-0.3, -0.25) is 0 Å². The van der Waals surface area contributed by atoms with E-state index in [0.717, 1.165) is 0 Å². The maximum atomic E-state index is 11.4. The zero-order chi connectivity index (χ0) is 11.7. The second-order valence-corrected chi connectivity index (χ2v) is 3.12. The minimum atomic E-state index is -1.17. The number of furan rings is 1. The van der Waals surface area contributed by atoms with E-state index in [1.54, 1.807) is 18.2 Å². The van der Waals surface area contributed by atoms with Crippen LogP contribution in [-0.2, 0) is 4.74 Å². The Kier molecular flexibility index (Phi) is 2.36. The first-order valence-electron chi connectivity index (χ1n) is 4.47. The van der Waals surface area contributed by atoms with Gasteiger partial charge in [-0.15, -0.1) is 0 Å². The van der Waals surface area contributed by atoms with E-state index in [9.17, 15) is 9.59 Å². The third-order valence-corrected chi connectivity index (χ3v) is 2.18. The predicted molar refractivity (Wildman–Crippen MR) is 54.5 cm³/mol. The average Bonchev–Trinajstić information content (AvgIpc) is 2.71. The van der Waals surface area contributed by atoms with Crippen molar-refractivity contribution < 1.29 is 23.8 Å². The number of carbonyl (C=O) groups excluding carboxylic acids is 1. The quantitative estimate of drug-likeness (QED) is 0.782. The smallest absolute Gasteiger partial charge is 0.371 e. The summed E-state index contributed by atoms with van der Waals surface area (Å²) in [4.78, 5) is 22.1. The van der Waals surface area contributed by atoms with Crippen molar-refractivity contribution in [1.82, 2.24) is 0 Å². The molecule has 0 atom stereocenters. The molecule has 5 heteroatoms. The molecule has 0 aliphatic heterocycles. The van der Waals surface area contributed by atoms with Gasteiger partial charge in [0.2, 0.25) is 5.76 Å². The summed E-state index contributed by atoms with van der Waals surface area (Å²) in [7, 11) is 1.26. The Morgan fingerprint density at radius 3 is 2.75 bits per heavy atom. The number of aromatic carboxylic acids is 1. The van der Waals surface area contributed by atoms with Crippen molar-refractivity contribution in [1.29, 1.82) is 0 Å². The third-order valence-electron chi connectivity index (χ3n) is 2.18. The molecule has 0 unspecified atom stereocenters. The summed E-state index contributed by atoms with van der Waals surface area (Å²) in [6.45, 7) is 0. The van der Waals surface area contributed by atoms with Crippen LogP contribution in [0.4, 0.5) is 0 Å².